The van der Waals surface area contributed by atoms with E-state index in [4.69, 9.17) is 22.2 Å². The zero-order valence-corrected chi connectivity index (χ0v) is 13.9. The molecule has 0 aliphatic rings. The lowest BCUT2D eigenvalue weighted by atomic mass is 10.7. The molecule has 0 heterocycles. The highest BCUT2D eigenvalue weighted by molar-refractivity contribution is 7.45. The van der Waals surface area contributed by atoms with E-state index in [-0.39, 0.29) is 0 Å². The van der Waals surface area contributed by atoms with E-state index >= 15 is 0 Å². The maximum atomic E-state index is 6.52. The van der Waals surface area contributed by atoms with Crippen LogP contribution in [0.5, 0.6) is 0 Å². The molecule has 0 fully saturated rings. The molecule has 0 aliphatic heterocycles. The lowest BCUT2D eigenvalue weighted by molar-refractivity contribution is 0.720. The predicted octanol–water partition coefficient (Wildman–Crippen LogP) is 4.17. The second kappa shape index (κ2) is 8.94. The molecule has 0 amide bonds. The molecule has 0 radical (unpaired) electrons. The molecule has 0 aromatic carbocycles. The largest absolute Gasteiger partial charge is 0.322 e. The Labute approximate surface area is 117 Å². The number of allylic oxidation sites excluding steroid dienone is 3. The van der Waals surface area contributed by atoms with Gasteiger partial charge in [-0.05, 0) is 12.1 Å². The van der Waals surface area contributed by atoms with Crippen molar-refractivity contribution >= 4 is 38.0 Å². The fourth-order valence-corrected chi connectivity index (χ4v) is 11.2. The minimum Gasteiger partial charge on any atom is -0.320 e. The summed E-state index contributed by atoms with van der Waals surface area (Å²) in [5.41, 5.74) is 0. The van der Waals surface area contributed by atoms with Crippen molar-refractivity contribution in [3.8, 4) is 0 Å². The highest BCUT2D eigenvalue weighted by Crippen LogP contribution is 2.29. The normalized spacial score (nSPS) is 11.5. The van der Waals surface area contributed by atoms with E-state index in [1.165, 1.54) is 0 Å². The van der Waals surface area contributed by atoms with Gasteiger partial charge in [-0.3, -0.25) is 0 Å². The lowest BCUT2D eigenvalue weighted by Crippen LogP contribution is -2.52. The summed E-state index contributed by atoms with van der Waals surface area (Å²) in [6.45, 7) is 13.4. The molecule has 0 saturated carbocycles. The van der Waals surface area contributed by atoms with E-state index in [1.807, 2.05) is 18.2 Å². The first-order chi connectivity index (χ1) is 8.03. The van der Waals surface area contributed by atoms with E-state index in [1.54, 1.807) is 6.08 Å². The van der Waals surface area contributed by atoms with E-state index in [2.05, 4.69) is 30.5 Å². The van der Waals surface area contributed by atoms with Crippen molar-refractivity contribution in [1.29, 1.82) is 0 Å². The Kier molecular flexibility index (Phi) is 8.91. The molecule has 0 N–H and O–H groups in total. The van der Waals surface area contributed by atoms with E-state index in [9.17, 15) is 0 Å². The number of nitrogens with zero attached hydrogens (tertiary/aromatic N) is 1. The van der Waals surface area contributed by atoms with Crippen LogP contribution in [0.4, 0.5) is 0 Å². The molecule has 0 aliphatic carbocycles. The standard InChI is InChI=1S/C12H21Cl2NSi2/c1-5-9-15(17(13,14)12-8-4)16(10-6-2)11-7-3/h5-8,16H,1-4,9-12H2. The van der Waals surface area contributed by atoms with Crippen LogP contribution in [0.1, 0.15) is 0 Å². The Morgan fingerprint density at radius 3 is 1.82 bits per heavy atom. The van der Waals surface area contributed by atoms with Gasteiger partial charge in [0.05, 0.1) is 0 Å². The number of halogens is 2. The summed E-state index contributed by atoms with van der Waals surface area (Å²) >= 11 is 13.0. The van der Waals surface area contributed by atoms with Crippen LogP contribution < -0.4 is 0 Å². The fourth-order valence-electron chi connectivity index (χ4n) is 1.72. The van der Waals surface area contributed by atoms with Gasteiger partial charge in [0.15, 0.2) is 0 Å². The van der Waals surface area contributed by atoms with Gasteiger partial charge in [-0.1, -0.05) is 24.3 Å². The Morgan fingerprint density at radius 2 is 1.47 bits per heavy atom. The molecule has 1 nitrogen and oxygen atoms in total. The van der Waals surface area contributed by atoms with E-state index in [0.717, 1.165) is 18.6 Å². The van der Waals surface area contributed by atoms with E-state index < -0.39 is 15.8 Å². The summed E-state index contributed by atoms with van der Waals surface area (Å²) in [5.74, 6) is 0. The monoisotopic (exact) mass is 305 g/mol. The van der Waals surface area contributed by atoms with Crippen LogP contribution in [0.3, 0.4) is 0 Å². The van der Waals surface area contributed by atoms with Gasteiger partial charge in [0.2, 0.25) is 0 Å². The molecule has 0 aromatic heterocycles. The SMILES string of the molecule is C=CCN([SiH](CC=C)CC=C)[Si](Cl)(Cl)CC=C. The second-order valence-corrected chi connectivity index (χ2v) is 13.8. The van der Waals surface area contributed by atoms with Crippen LogP contribution in [0.2, 0.25) is 18.1 Å². The van der Waals surface area contributed by atoms with Crippen molar-refractivity contribution in [1.82, 2.24) is 4.23 Å². The molecule has 0 unspecified atom stereocenters. The molecular formula is C12H21Cl2NSi2. The number of rotatable bonds is 10. The van der Waals surface area contributed by atoms with Gasteiger partial charge in [0, 0.05) is 12.6 Å². The second-order valence-electron chi connectivity index (χ2n) is 3.80. The van der Waals surface area contributed by atoms with Crippen molar-refractivity contribution in [2.75, 3.05) is 6.54 Å². The molecule has 0 spiro atoms. The Morgan fingerprint density at radius 1 is 0.941 bits per heavy atom. The fraction of sp³-hybridized carbons (Fsp3) is 0.333. The van der Waals surface area contributed by atoms with Crippen LogP contribution in [-0.4, -0.2) is 26.6 Å². The van der Waals surface area contributed by atoms with Gasteiger partial charge in [0.25, 0.3) is 0 Å². The third-order valence-electron chi connectivity index (χ3n) is 2.45. The molecule has 0 bridgehead atoms. The van der Waals surface area contributed by atoms with Crippen molar-refractivity contribution in [3.05, 3.63) is 50.6 Å². The van der Waals surface area contributed by atoms with Gasteiger partial charge < -0.3 is 4.23 Å². The average molecular weight is 306 g/mol. The molecule has 5 heteroatoms. The summed E-state index contributed by atoms with van der Waals surface area (Å²) in [6, 6.07) is 2.62. The average Bonchev–Trinajstić information content (AvgIpc) is 2.25. The minimum absolute atomic E-state index is 0.668. The van der Waals surface area contributed by atoms with Gasteiger partial charge in [-0.2, -0.15) is 0 Å². The van der Waals surface area contributed by atoms with Crippen LogP contribution in [-0.2, 0) is 0 Å². The first kappa shape index (κ1) is 16.9. The summed E-state index contributed by atoms with van der Waals surface area (Å²) in [7, 11) is -1.25. The smallest absolute Gasteiger partial charge is 0.320 e. The molecular weight excluding hydrogens is 285 g/mol. The third kappa shape index (κ3) is 5.88. The third-order valence-corrected chi connectivity index (χ3v) is 12.7. The van der Waals surface area contributed by atoms with Gasteiger partial charge in [-0.25, -0.2) is 0 Å². The molecule has 17 heavy (non-hydrogen) atoms. The highest BCUT2D eigenvalue weighted by Gasteiger charge is 2.38. The zero-order valence-electron chi connectivity index (χ0n) is 10.2. The van der Waals surface area contributed by atoms with Crippen LogP contribution >= 0.6 is 22.2 Å². The number of hydrogen-bond donors (Lipinski definition) is 0. The maximum absolute atomic E-state index is 6.52. The molecule has 0 aromatic rings. The Hall–Kier alpha value is -0.0662. The summed E-state index contributed by atoms with van der Waals surface area (Å²) in [6.07, 6.45) is 7.56. The predicted molar refractivity (Wildman–Crippen MR) is 86.5 cm³/mol. The first-order valence-electron chi connectivity index (χ1n) is 5.61. The van der Waals surface area contributed by atoms with Crippen LogP contribution in [0.15, 0.2) is 50.6 Å². The Bertz CT molecular complexity index is 270. The van der Waals surface area contributed by atoms with Gasteiger partial charge in [0.1, 0.15) is 8.96 Å². The van der Waals surface area contributed by atoms with E-state index in [0.29, 0.717) is 6.04 Å². The van der Waals surface area contributed by atoms with Crippen molar-refractivity contribution in [2.24, 2.45) is 0 Å². The van der Waals surface area contributed by atoms with Crippen molar-refractivity contribution < 1.29 is 0 Å². The lowest BCUT2D eigenvalue weighted by Gasteiger charge is -2.36. The first-order valence-corrected chi connectivity index (χ1v) is 11.9. The topological polar surface area (TPSA) is 3.24 Å². The zero-order chi connectivity index (χ0) is 13.3. The molecule has 0 rings (SSSR count). The molecule has 0 saturated heterocycles. The van der Waals surface area contributed by atoms with Crippen LogP contribution in [0, 0.1) is 0 Å². The van der Waals surface area contributed by atoms with Gasteiger partial charge in [-0.15, -0.1) is 48.5 Å². The summed E-state index contributed by atoms with van der Waals surface area (Å²) < 4.78 is 2.27. The molecule has 0 atom stereocenters. The number of hydrogen-bond acceptors (Lipinski definition) is 1. The molecule has 96 valence electrons. The van der Waals surface area contributed by atoms with Crippen molar-refractivity contribution in [2.45, 2.75) is 18.1 Å². The summed E-state index contributed by atoms with van der Waals surface area (Å²) in [5, 5.41) is 0. The quantitative estimate of drug-likeness (QED) is 0.332. The van der Waals surface area contributed by atoms with Crippen LogP contribution in [0.25, 0.3) is 0 Å². The summed E-state index contributed by atoms with van der Waals surface area (Å²) in [4.78, 5) is 0. The Balaban J connectivity index is 4.98. The highest BCUT2D eigenvalue weighted by atomic mass is 35.7. The van der Waals surface area contributed by atoms with Crippen molar-refractivity contribution in [3.63, 3.8) is 0 Å². The minimum atomic E-state index is -2.44. The van der Waals surface area contributed by atoms with Gasteiger partial charge >= 0.3 is 6.86 Å². The maximum Gasteiger partial charge on any atom is 0.322 e.